The third-order valence-electron chi connectivity index (χ3n) is 1.26. The Morgan fingerprint density at radius 1 is 1.30 bits per heavy atom. The summed E-state index contributed by atoms with van der Waals surface area (Å²) in [4.78, 5) is 0. The summed E-state index contributed by atoms with van der Waals surface area (Å²) in [6.07, 6.45) is -1.10. The van der Waals surface area contributed by atoms with Gasteiger partial charge in [-0.2, -0.15) is 0 Å². The minimum atomic E-state index is -1.10. The summed E-state index contributed by atoms with van der Waals surface area (Å²) in [5.74, 6) is 0.0255. The molecule has 54 valence electrons. The van der Waals surface area contributed by atoms with Crippen molar-refractivity contribution in [2.75, 3.05) is 0 Å². The van der Waals surface area contributed by atoms with E-state index in [2.05, 4.69) is 0 Å². The molecule has 0 saturated carbocycles. The first-order chi connectivity index (χ1) is 4.72. The van der Waals surface area contributed by atoms with Crippen molar-refractivity contribution in [1.29, 1.82) is 0 Å². The van der Waals surface area contributed by atoms with Crippen LogP contribution >= 0.6 is 0 Å². The van der Waals surface area contributed by atoms with Crippen LogP contribution in [0, 0.1) is 0 Å². The van der Waals surface area contributed by atoms with Crippen molar-refractivity contribution in [3.8, 4) is 5.75 Å². The molecule has 0 aliphatic carbocycles. The Bertz CT molecular complexity index is 223. The quantitative estimate of drug-likeness (QED) is 0.491. The number of aliphatic hydroxyl groups is 1. The van der Waals surface area contributed by atoms with E-state index in [9.17, 15) is 0 Å². The largest absolute Gasteiger partial charge is 0.508 e. The SMILES string of the molecule is NC(O)c1ccccc1O. The highest BCUT2D eigenvalue weighted by Gasteiger charge is 2.04. The summed E-state index contributed by atoms with van der Waals surface area (Å²) >= 11 is 0. The van der Waals surface area contributed by atoms with Gasteiger partial charge in [0.05, 0.1) is 0 Å². The van der Waals surface area contributed by atoms with E-state index >= 15 is 0 Å². The van der Waals surface area contributed by atoms with Crippen LogP contribution in [0.2, 0.25) is 0 Å². The molecule has 3 heteroatoms. The van der Waals surface area contributed by atoms with Gasteiger partial charge in [-0.15, -0.1) is 0 Å². The fraction of sp³-hybridized carbons (Fsp3) is 0.143. The van der Waals surface area contributed by atoms with Crippen molar-refractivity contribution in [1.82, 2.24) is 0 Å². The van der Waals surface area contributed by atoms with E-state index < -0.39 is 6.23 Å². The number of nitrogens with two attached hydrogens (primary N) is 1. The monoisotopic (exact) mass is 139 g/mol. The summed E-state index contributed by atoms with van der Waals surface area (Å²) in [5, 5.41) is 17.9. The lowest BCUT2D eigenvalue weighted by molar-refractivity contribution is 0.182. The maximum absolute atomic E-state index is 9.04. The van der Waals surface area contributed by atoms with Crippen molar-refractivity contribution in [3.05, 3.63) is 29.8 Å². The third kappa shape index (κ3) is 1.26. The van der Waals surface area contributed by atoms with E-state index in [0.717, 1.165) is 0 Å². The van der Waals surface area contributed by atoms with Crippen LogP contribution in [-0.4, -0.2) is 10.2 Å². The maximum atomic E-state index is 9.04. The topological polar surface area (TPSA) is 66.5 Å². The lowest BCUT2D eigenvalue weighted by Gasteiger charge is -2.05. The first-order valence-electron chi connectivity index (χ1n) is 2.93. The Kier molecular flexibility index (Phi) is 1.89. The fourth-order valence-corrected chi connectivity index (χ4v) is 0.738. The van der Waals surface area contributed by atoms with Gasteiger partial charge in [0.15, 0.2) is 0 Å². The first-order valence-corrected chi connectivity index (χ1v) is 2.93. The number of hydrogen-bond donors (Lipinski definition) is 3. The van der Waals surface area contributed by atoms with E-state index in [1.807, 2.05) is 0 Å². The Morgan fingerprint density at radius 2 is 1.90 bits per heavy atom. The molecule has 10 heavy (non-hydrogen) atoms. The summed E-state index contributed by atoms with van der Waals surface area (Å²) in [6.45, 7) is 0. The van der Waals surface area contributed by atoms with Crippen LogP contribution in [0.1, 0.15) is 11.8 Å². The van der Waals surface area contributed by atoms with Crippen LogP contribution < -0.4 is 5.73 Å². The number of benzene rings is 1. The van der Waals surface area contributed by atoms with Gasteiger partial charge in [0.1, 0.15) is 12.0 Å². The average molecular weight is 139 g/mol. The van der Waals surface area contributed by atoms with Gasteiger partial charge in [0, 0.05) is 5.56 Å². The van der Waals surface area contributed by atoms with Gasteiger partial charge in [0.2, 0.25) is 0 Å². The normalized spacial score (nSPS) is 13.0. The van der Waals surface area contributed by atoms with Crippen molar-refractivity contribution >= 4 is 0 Å². The van der Waals surface area contributed by atoms with Gasteiger partial charge in [-0.3, -0.25) is 0 Å². The van der Waals surface area contributed by atoms with Crippen molar-refractivity contribution in [2.45, 2.75) is 6.23 Å². The van der Waals surface area contributed by atoms with E-state index in [1.54, 1.807) is 18.2 Å². The second-order valence-electron chi connectivity index (χ2n) is 2.00. The van der Waals surface area contributed by atoms with Crippen LogP contribution in [0.4, 0.5) is 0 Å². The molecule has 1 rings (SSSR count). The van der Waals surface area contributed by atoms with Gasteiger partial charge in [0.25, 0.3) is 0 Å². The molecule has 3 nitrogen and oxygen atoms in total. The number of phenolic OH excluding ortho intramolecular Hbond substituents is 1. The number of para-hydroxylation sites is 1. The van der Waals surface area contributed by atoms with E-state index in [4.69, 9.17) is 15.9 Å². The average Bonchev–Trinajstić information content (AvgIpc) is 1.88. The second-order valence-corrected chi connectivity index (χ2v) is 2.00. The molecular weight excluding hydrogens is 130 g/mol. The predicted octanol–water partition coefficient (Wildman–Crippen LogP) is 0.342. The fourth-order valence-electron chi connectivity index (χ4n) is 0.738. The molecule has 0 amide bonds. The highest BCUT2D eigenvalue weighted by molar-refractivity contribution is 5.32. The molecule has 4 N–H and O–H groups in total. The molecule has 0 aromatic heterocycles. The van der Waals surface area contributed by atoms with Gasteiger partial charge in [-0.1, -0.05) is 18.2 Å². The maximum Gasteiger partial charge on any atom is 0.132 e. The minimum absolute atomic E-state index is 0.0255. The zero-order valence-electron chi connectivity index (χ0n) is 5.36. The molecule has 0 saturated heterocycles. The lowest BCUT2D eigenvalue weighted by Crippen LogP contribution is -2.08. The third-order valence-corrected chi connectivity index (χ3v) is 1.26. The number of aromatic hydroxyl groups is 1. The number of hydrogen-bond acceptors (Lipinski definition) is 3. The van der Waals surface area contributed by atoms with E-state index in [0.29, 0.717) is 5.56 Å². The molecule has 0 bridgehead atoms. The summed E-state index contributed by atoms with van der Waals surface area (Å²) in [6, 6.07) is 6.41. The number of rotatable bonds is 1. The first kappa shape index (κ1) is 7.05. The van der Waals surface area contributed by atoms with E-state index in [-0.39, 0.29) is 5.75 Å². The van der Waals surface area contributed by atoms with Crippen molar-refractivity contribution < 1.29 is 10.2 Å². The molecule has 1 unspecified atom stereocenters. The zero-order chi connectivity index (χ0) is 7.56. The molecule has 1 aromatic rings. The van der Waals surface area contributed by atoms with Crippen molar-refractivity contribution in [2.24, 2.45) is 5.73 Å². The molecule has 1 aromatic carbocycles. The van der Waals surface area contributed by atoms with Crippen LogP contribution in [0.5, 0.6) is 5.75 Å². The number of aliphatic hydroxyl groups excluding tert-OH is 1. The zero-order valence-corrected chi connectivity index (χ0v) is 5.36. The highest BCUT2D eigenvalue weighted by Crippen LogP contribution is 2.19. The molecule has 0 heterocycles. The molecule has 0 fully saturated rings. The molecular formula is C7H9NO2. The van der Waals surface area contributed by atoms with Crippen LogP contribution in [0.3, 0.4) is 0 Å². The standard InChI is InChI=1S/C7H9NO2/c8-7(10)5-3-1-2-4-6(5)9/h1-4,7,9-10H,8H2. The molecule has 1 atom stereocenters. The molecule has 0 aliphatic heterocycles. The Hall–Kier alpha value is -1.06. The smallest absolute Gasteiger partial charge is 0.132 e. The van der Waals surface area contributed by atoms with E-state index in [1.165, 1.54) is 6.07 Å². The summed E-state index contributed by atoms with van der Waals surface area (Å²) in [5.41, 5.74) is 5.46. The summed E-state index contributed by atoms with van der Waals surface area (Å²) < 4.78 is 0. The minimum Gasteiger partial charge on any atom is -0.508 e. The van der Waals surface area contributed by atoms with Crippen LogP contribution in [0.25, 0.3) is 0 Å². The van der Waals surface area contributed by atoms with Gasteiger partial charge in [-0.25, -0.2) is 0 Å². The van der Waals surface area contributed by atoms with Gasteiger partial charge >= 0.3 is 0 Å². The molecule has 0 aliphatic rings. The van der Waals surface area contributed by atoms with Gasteiger partial charge in [-0.05, 0) is 6.07 Å². The Balaban J connectivity index is 3.03. The Morgan fingerprint density at radius 3 is 2.30 bits per heavy atom. The highest BCUT2D eigenvalue weighted by atomic mass is 16.3. The lowest BCUT2D eigenvalue weighted by atomic mass is 10.2. The molecule has 0 radical (unpaired) electrons. The summed E-state index contributed by atoms with van der Waals surface area (Å²) in [7, 11) is 0. The van der Waals surface area contributed by atoms with Crippen molar-refractivity contribution in [3.63, 3.8) is 0 Å². The number of phenols is 1. The predicted molar refractivity (Wildman–Crippen MR) is 37.3 cm³/mol. The van der Waals surface area contributed by atoms with Crippen LogP contribution in [0.15, 0.2) is 24.3 Å². The van der Waals surface area contributed by atoms with Crippen LogP contribution in [-0.2, 0) is 0 Å². The second kappa shape index (κ2) is 2.68. The Labute approximate surface area is 58.7 Å². The van der Waals surface area contributed by atoms with Gasteiger partial charge < -0.3 is 15.9 Å². The molecule has 0 spiro atoms.